The molecule has 48 heteroatoms. The van der Waals surface area contributed by atoms with Gasteiger partial charge in [0.25, 0.3) is 11.5 Å². The molecule has 3 aromatic heterocycles. The van der Waals surface area contributed by atoms with Gasteiger partial charge in [-0.2, -0.15) is 8.42 Å². The molecule has 3 aromatic carbocycles. The third-order valence-corrected chi connectivity index (χ3v) is 21.3. The monoisotopic (exact) mass is 1760 g/mol. The highest BCUT2D eigenvalue weighted by Crippen LogP contribution is 2.36. The average molecular weight is 1770 g/mol. The Morgan fingerprint density at radius 3 is 2.00 bits per heavy atom. The predicted octanol–water partition coefficient (Wildman–Crippen LogP) is -7.38. The van der Waals surface area contributed by atoms with E-state index in [0.717, 1.165) is 55.3 Å². The van der Waals surface area contributed by atoms with Crippen molar-refractivity contribution in [3.05, 3.63) is 141 Å². The van der Waals surface area contributed by atoms with E-state index >= 15 is 0 Å². The number of pyridine rings is 1. The number of phenols is 1. The Hall–Kier alpha value is -12.0. The number of carboxylic acid groups (broad SMARTS) is 1. The number of hydrogen-bond donors (Lipinski definition) is 24. The number of amides is 9. The number of nitrogens with two attached hydrogens (primary N) is 2. The van der Waals surface area contributed by atoms with Gasteiger partial charge < -0.3 is 143 Å². The zero-order valence-electron chi connectivity index (χ0n) is 66.3. The third kappa shape index (κ3) is 23.5. The second kappa shape index (κ2) is 41.4. The number of carbonyl (C=O) groups is 10. The van der Waals surface area contributed by atoms with E-state index in [1.54, 1.807) is 30.3 Å². The first kappa shape index (κ1) is 95.8. The Morgan fingerprint density at radius 1 is 0.726 bits per heavy atom. The number of carbonyl (C=O) groups excluding carboxylic acids is 9. The maximum absolute atomic E-state index is 14.7. The first-order valence-electron chi connectivity index (χ1n) is 38.5. The number of rotatable bonds is 26. The van der Waals surface area contributed by atoms with Crippen molar-refractivity contribution < 1.29 is 151 Å². The predicted molar refractivity (Wildman–Crippen MR) is 419 cm³/mol. The number of nitrogens with one attached hydrogen (secondary N) is 7. The fourth-order valence-corrected chi connectivity index (χ4v) is 14.3. The molecule has 0 saturated carbocycles. The van der Waals surface area contributed by atoms with Crippen molar-refractivity contribution in [2.24, 2.45) is 23.3 Å². The molecular formula is C76H96N14O33S. The van der Waals surface area contributed by atoms with Gasteiger partial charge in [-0.05, 0) is 79.6 Å². The molecule has 9 amide bonds. The van der Waals surface area contributed by atoms with Crippen molar-refractivity contribution in [3.8, 4) is 45.6 Å². The van der Waals surface area contributed by atoms with Gasteiger partial charge in [0.1, 0.15) is 96.2 Å². The van der Waals surface area contributed by atoms with Crippen molar-refractivity contribution in [2.45, 2.75) is 194 Å². The SMILES string of the molecule is CCCCCOc1ccc(-c2cc(-c3ccc(C(=O)N[C@H]4C[C@@H](O)[C@@H](O)NC(=O)[C@@H]5[C@@H](O)[C@@H](C)CN5C(=O)[C@H]([C@H](O)CC(N)=O)NC(=O)[C@@H]([C@H](O)[C@@H](O)c5ccc(O)c(OS(=O)(=O)O)c5)NC(=O)[C@@H]5C[C@@H](O)CN5C(=O)[C@H]([C@@H](C)O)NC4=O)cc3)no2)cc1.C[C@@H]([C@H](N)C(=O)N[C@H](C(=O)O)[C@H]1O[C@@H](n2ccc(=O)[nH]c2=O)[C@H](O)[C@@H]1O)[C@H](O)c1ccc(O)cn1. The summed E-state index contributed by atoms with van der Waals surface area (Å²) in [5, 5.41) is 168. The highest BCUT2D eigenvalue weighted by Gasteiger charge is 2.53. The lowest BCUT2D eigenvalue weighted by Gasteiger charge is -2.34. The van der Waals surface area contributed by atoms with E-state index in [-0.39, 0.29) is 17.0 Å². The molecule has 10 rings (SSSR count). The molecule has 23 atom stereocenters. The number of ether oxygens (including phenoxy) is 2. The fourth-order valence-electron chi connectivity index (χ4n) is 14.0. The van der Waals surface area contributed by atoms with Crippen LogP contribution in [0.15, 0.2) is 118 Å². The molecule has 4 aliphatic heterocycles. The molecule has 6 aromatic rings. The zero-order chi connectivity index (χ0) is 91.4. The molecule has 0 bridgehead atoms. The van der Waals surface area contributed by atoms with Gasteiger partial charge in [-0.1, -0.05) is 57.0 Å². The molecule has 7 heterocycles. The molecule has 124 heavy (non-hydrogen) atoms. The maximum atomic E-state index is 14.7. The van der Waals surface area contributed by atoms with Gasteiger partial charge in [-0.25, -0.2) is 9.59 Å². The van der Waals surface area contributed by atoms with Gasteiger partial charge in [0.05, 0.1) is 55.4 Å². The Morgan fingerprint density at radius 2 is 1.38 bits per heavy atom. The first-order valence-corrected chi connectivity index (χ1v) is 39.9. The standard InChI is InChI=1S/C56H71N9O23S.C20H25N5O10/c1-4-5-6-17-86-32-14-11-28(12-15-32)39-21-33(63-87-39)27-7-9-29(10-8-27)49(75)58-34-20-38(70)52(78)62-54(80)45-46(72)25(2)23-65(45)56(82)43(37(69)22-41(57)71)60-53(79)44(48(74)47(73)30-13-16-36(68)40(18-30)88-89(83,84)85)61-51(77)35-19-31(67)24-64(35)55(81)42(26(3)66)59-50(34)76;1-7(13(28)9-3-2-8(26)6-22-9)11(21)17(31)24-12(19(32)33)16-14(29)15(30)18(35-16)25-5-4-10(27)23-20(25)34/h7-16,18,21,25-26,31,34-35,37-38,42-48,52,66-70,72-74,78H,4-6,17,19-20,22-24H2,1-3H3,(H2,57,71)(H,58,75)(H,59,76)(H,60,79)(H,61,77)(H,62,80)(H,83,84,85);2-7,11-16,18,26,28-30H,21H2,1H3,(H,24,31)(H,32,33)(H,23,27,34)/t25-,26+,31+,34-,35-,37+,38+,42-,43-,44+,45-,46-,47-,48-,52+;7-,11-,12-,13-,14-,15+,16+,18+/m00/s1. The first-order chi connectivity index (χ1) is 58.4. The van der Waals surface area contributed by atoms with E-state index in [2.05, 4.69) is 42.5 Å². The van der Waals surface area contributed by atoms with Crippen LogP contribution < -0.4 is 63.5 Å². The normalized spacial score (nSPS) is 26.2. The average Bonchev–Trinajstić information content (AvgIpc) is 1.62. The molecule has 26 N–H and O–H groups in total. The van der Waals surface area contributed by atoms with Crippen LogP contribution in [0.4, 0.5) is 0 Å². The van der Waals surface area contributed by atoms with Crippen molar-refractivity contribution >= 4 is 69.5 Å². The molecular weight excluding hydrogens is 1670 g/mol. The van der Waals surface area contributed by atoms with Crippen molar-refractivity contribution in [3.63, 3.8) is 0 Å². The number of primary amides is 1. The summed E-state index contributed by atoms with van der Waals surface area (Å²) in [4.78, 5) is 168. The Bertz CT molecular complexity index is 5060. The number of carboxylic acids is 1. The van der Waals surface area contributed by atoms with Crippen molar-refractivity contribution in [1.29, 1.82) is 0 Å². The van der Waals surface area contributed by atoms with Crippen LogP contribution in [0.3, 0.4) is 0 Å². The van der Waals surface area contributed by atoms with E-state index in [4.69, 9.17) is 25.5 Å². The van der Waals surface area contributed by atoms with Crippen LogP contribution in [0.1, 0.15) is 106 Å². The van der Waals surface area contributed by atoms with Gasteiger partial charge in [0.15, 0.2) is 35.8 Å². The van der Waals surface area contributed by atoms with E-state index in [1.165, 1.54) is 50.2 Å². The molecule has 4 fully saturated rings. The highest BCUT2D eigenvalue weighted by molar-refractivity contribution is 7.81. The molecule has 47 nitrogen and oxygen atoms in total. The minimum atomic E-state index is -5.35. The summed E-state index contributed by atoms with van der Waals surface area (Å²) in [7, 11) is -5.35. The second-order valence-electron chi connectivity index (χ2n) is 30.0. The van der Waals surface area contributed by atoms with Crippen LogP contribution in [0.5, 0.6) is 23.0 Å². The summed E-state index contributed by atoms with van der Waals surface area (Å²) in [6.45, 7) is 5.16. The van der Waals surface area contributed by atoms with Crippen LogP contribution >= 0.6 is 0 Å². The summed E-state index contributed by atoms with van der Waals surface area (Å²) >= 11 is 0. The van der Waals surface area contributed by atoms with Crippen LogP contribution in [-0.2, 0) is 58.3 Å². The van der Waals surface area contributed by atoms with E-state index in [0.29, 0.717) is 56.9 Å². The van der Waals surface area contributed by atoms with Crippen LogP contribution in [0.2, 0.25) is 0 Å². The van der Waals surface area contributed by atoms with Gasteiger partial charge in [-0.15, -0.1) is 0 Å². The number of unbranched alkanes of at least 4 members (excludes halogenated alkanes) is 2. The van der Waals surface area contributed by atoms with Gasteiger partial charge >= 0.3 is 22.1 Å². The zero-order valence-corrected chi connectivity index (χ0v) is 67.1. The number of benzene rings is 3. The summed E-state index contributed by atoms with van der Waals surface area (Å²) < 4.78 is 54.3. The molecule has 0 aliphatic carbocycles. The quantitative estimate of drug-likeness (QED) is 0.0177. The van der Waals surface area contributed by atoms with Crippen LogP contribution in [0.25, 0.3) is 22.6 Å². The van der Waals surface area contributed by atoms with Crippen molar-refractivity contribution in [1.82, 2.24) is 61.4 Å². The largest absolute Gasteiger partial charge is 0.506 e. The molecule has 4 aliphatic rings. The maximum Gasteiger partial charge on any atom is 0.446 e. The number of aromatic nitrogens is 4. The lowest BCUT2D eigenvalue weighted by atomic mass is 9.92. The van der Waals surface area contributed by atoms with Crippen LogP contribution in [-0.4, -0.2) is 302 Å². The number of hydrogen-bond acceptors (Lipinski definition) is 34. The molecule has 0 spiro atoms. The number of fused-ring (bicyclic) bond motifs is 2. The summed E-state index contributed by atoms with van der Waals surface area (Å²) in [5.74, 6) is -16.6. The van der Waals surface area contributed by atoms with Crippen molar-refractivity contribution in [2.75, 3.05) is 19.7 Å². The van der Waals surface area contributed by atoms with Gasteiger partial charge in [0.2, 0.25) is 47.3 Å². The Labute approximate surface area is 702 Å². The minimum absolute atomic E-state index is 0.107. The Balaban J connectivity index is 0.000000413. The number of aliphatic carboxylic acids is 1. The highest BCUT2D eigenvalue weighted by atomic mass is 32.3. The van der Waals surface area contributed by atoms with E-state index in [9.17, 15) is 142 Å². The van der Waals surface area contributed by atoms with Gasteiger partial charge in [-0.3, -0.25) is 67.0 Å². The molecule has 674 valence electrons. The van der Waals surface area contributed by atoms with Crippen LogP contribution in [0, 0.1) is 11.8 Å². The number of aliphatic hydroxyl groups is 11. The number of aromatic amines is 1. The number of phenolic OH excluding ortho intramolecular Hbond substituents is 1. The van der Waals surface area contributed by atoms with E-state index in [1.807, 2.05) is 15.6 Å². The second-order valence-corrected chi connectivity index (χ2v) is 31.0. The molecule has 0 unspecified atom stereocenters. The number of H-pyrrole nitrogens is 1. The van der Waals surface area contributed by atoms with Gasteiger partial charge in [0, 0.05) is 72.8 Å². The number of aliphatic hydroxyl groups excluding tert-OH is 11. The fraction of sp³-hybridized carbons (Fsp3) is 0.474. The lowest BCUT2D eigenvalue weighted by Crippen LogP contribution is -2.64. The summed E-state index contributed by atoms with van der Waals surface area (Å²) in [5.41, 5.74) is 10.5. The number of nitrogens with zero attached hydrogens (tertiary/aromatic N) is 5. The topological polar surface area (TPSA) is 760 Å². The Kier molecular flexibility index (Phi) is 32.0. The minimum Gasteiger partial charge on any atom is -0.506 e. The summed E-state index contributed by atoms with van der Waals surface area (Å²) in [6, 6.07) is 3.73. The lowest BCUT2D eigenvalue weighted by molar-refractivity contribution is -0.149. The van der Waals surface area contributed by atoms with E-state index < -0.39 is 270 Å². The third-order valence-electron chi connectivity index (χ3n) is 20.9. The number of aromatic hydroxyl groups is 2. The smallest absolute Gasteiger partial charge is 0.446 e. The molecule has 0 radical (unpaired) electrons. The summed E-state index contributed by atoms with van der Waals surface area (Å²) in [6.07, 6.45) is -23.4. The molecule has 4 saturated heterocycles.